The predicted molar refractivity (Wildman–Crippen MR) is 116 cm³/mol. The average molecular weight is 553 g/mol. The van der Waals surface area contributed by atoms with Crippen LogP contribution in [0.4, 0.5) is 5.82 Å². The van der Waals surface area contributed by atoms with Crippen LogP contribution in [-0.4, -0.2) is 71.8 Å². The Morgan fingerprint density at radius 1 is 1.19 bits per heavy atom. The molecule has 198 valence electrons. The summed E-state index contributed by atoms with van der Waals surface area (Å²) in [5.41, 5.74) is 4.10. The SMILES string of the molecule is Cc1cn([C@H]2C[C@H](O)[C@@H](COP(=O)(O)O[C@H]3C[C@H](n4ccc(N)nc4=O)O[C@@H]3CO)O2)c(=O)nc1[O-].[Na+]. The summed E-state index contributed by atoms with van der Waals surface area (Å²) in [4.78, 5) is 41.2. The number of aliphatic hydroxyl groups is 2. The number of nitrogen functional groups attached to an aromatic ring is 1. The molecule has 2 aliphatic heterocycles. The minimum Gasteiger partial charge on any atom is -0.858 e. The fourth-order valence-electron chi connectivity index (χ4n) is 3.95. The Balaban J connectivity index is 0.00000380. The van der Waals surface area contributed by atoms with Crippen molar-refractivity contribution in [3.63, 3.8) is 0 Å². The fourth-order valence-corrected chi connectivity index (χ4v) is 4.91. The first-order valence-corrected chi connectivity index (χ1v) is 12.3. The van der Waals surface area contributed by atoms with Crippen molar-refractivity contribution in [3.8, 4) is 5.88 Å². The van der Waals surface area contributed by atoms with Gasteiger partial charge in [-0.2, -0.15) is 4.98 Å². The number of phosphoric ester groups is 1. The van der Waals surface area contributed by atoms with Crippen LogP contribution in [0.1, 0.15) is 30.9 Å². The Bertz CT molecular complexity index is 1280. The molecule has 0 saturated carbocycles. The van der Waals surface area contributed by atoms with Crippen molar-refractivity contribution in [3.05, 3.63) is 45.0 Å². The number of anilines is 1. The maximum absolute atomic E-state index is 12.6. The summed E-state index contributed by atoms with van der Waals surface area (Å²) in [7, 11) is -4.75. The van der Waals surface area contributed by atoms with Gasteiger partial charge in [-0.25, -0.2) is 19.1 Å². The Morgan fingerprint density at radius 3 is 2.51 bits per heavy atom. The monoisotopic (exact) mass is 553 g/mol. The second kappa shape index (κ2) is 12.0. The largest absolute Gasteiger partial charge is 1.00 e. The number of nitrogens with zero attached hydrogens (tertiary/aromatic N) is 4. The van der Waals surface area contributed by atoms with E-state index in [-0.39, 0.29) is 53.8 Å². The minimum atomic E-state index is -4.75. The molecule has 1 unspecified atom stereocenters. The van der Waals surface area contributed by atoms with Crippen molar-refractivity contribution < 1.29 is 72.9 Å². The van der Waals surface area contributed by atoms with Crippen LogP contribution in [0.3, 0.4) is 0 Å². The zero-order chi connectivity index (χ0) is 26.2. The van der Waals surface area contributed by atoms with Gasteiger partial charge in [0.15, 0.2) is 0 Å². The van der Waals surface area contributed by atoms with Gasteiger partial charge in [0.1, 0.15) is 36.6 Å². The van der Waals surface area contributed by atoms with Crippen LogP contribution >= 0.6 is 7.82 Å². The van der Waals surface area contributed by atoms with Gasteiger partial charge in [0, 0.05) is 25.2 Å². The normalized spacial score (nSPS) is 29.1. The van der Waals surface area contributed by atoms with Gasteiger partial charge >= 0.3 is 48.8 Å². The van der Waals surface area contributed by atoms with Gasteiger partial charge in [-0.3, -0.25) is 18.2 Å². The van der Waals surface area contributed by atoms with Crippen LogP contribution in [0.25, 0.3) is 0 Å². The number of phosphoric acid groups is 1. The first-order chi connectivity index (χ1) is 17.0. The van der Waals surface area contributed by atoms with Gasteiger partial charge in [-0.05, 0) is 24.4 Å². The zero-order valence-electron chi connectivity index (χ0n) is 19.9. The van der Waals surface area contributed by atoms with E-state index >= 15 is 0 Å². The molecule has 4 heterocycles. The van der Waals surface area contributed by atoms with Crippen molar-refractivity contribution >= 4 is 13.6 Å². The number of aromatic nitrogens is 4. The molecular formula is C19H25N5NaO11P. The van der Waals surface area contributed by atoms with E-state index in [2.05, 4.69) is 9.97 Å². The maximum Gasteiger partial charge on any atom is 1.00 e. The number of hydrogen-bond donors (Lipinski definition) is 4. The molecule has 2 aromatic heterocycles. The molecule has 16 nitrogen and oxygen atoms in total. The summed E-state index contributed by atoms with van der Waals surface area (Å²) >= 11 is 0. The van der Waals surface area contributed by atoms with Crippen molar-refractivity contribution in [2.24, 2.45) is 0 Å². The molecule has 5 N–H and O–H groups in total. The maximum atomic E-state index is 12.6. The van der Waals surface area contributed by atoms with E-state index in [4.69, 9.17) is 24.3 Å². The molecular weight excluding hydrogens is 528 g/mol. The van der Waals surface area contributed by atoms with Crippen molar-refractivity contribution in [2.45, 2.75) is 56.6 Å². The molecule has 0 radical (unpaired) electrons. The molecule has 7 atom stereocenters. The van der Waals surface area contributed by atoms with E-state index < -0.39 is 75.2 Å². The fraction of sp³-hybridized carbons (Fsp3) is 0.579. The van der Waals surface area contributed by atoms with E-state index in [1.807, 2.05) is 0 Å². The molecule has 37 heavy (non-hydrogen) atoms. The molecule has 2 aromatic rings. The third-order valence-electron chi connectivity index (χ3n) is 5.80. The smallest absolute Gasteiger partial charge is 0.858 e. The number of hydrogen-bond acceptors (Lipinski definition) is 13. The summed E-state index contributed by atoms with van der Waals surface area (Å²) in [6.45, 7) is 0.316. The van der Waals surface area contributed by atoms with E-state index in [9.17, 15) is 34.4 Å². The first kappa shape index (κ1) is 29.9. The third-order valence-corrected chi connectivity index (χ3v) is 6.81. The van der Waals surface area contributed by atoms with Crippen LogP contribution in [0.15, 0.2) is 28.0 Å². The van der Waals surface area contributed by atoms with Crippen LogP contribution in [0.5, 0.6) is 5.88 Å². The summed E-state index contributed by atoms with van der Waals surface area (Å²) in [5.74, 6) is -0.670. The molecule has 0 aromatic carbocycles. The van der Waals surface area contributed by atoms with Gasteiger partial charge in [-0.15, -0.1) is 0 Å². The quantitative estimate of drug-likeness (QED) is 0.177. The van der Waals surface area contributed by atoms with Crippen LogP contribution in [0.2, 0.25) is 0 Å². The number of rotatable bonds is 8. The summed E-state index contributed by atoms with van der Waals surface area (Å²) in [6.07, 6.45) is -3.89. The van der Waals surface area contributed by atoms with E-state index in [1.165, 1.54) is 25.4 Å². The van der Waals surface area contributed by atoms with Crippen LogP contribution in [-0.2, 0) is 23.1 Å². The summed E-state index contributed by atoms with van der Waals surface area (Å²) < 4.78 is 36.0. The summed E-state index contributed by atoms with van der Waals surface area (Å²) in [6, 6.07) is 1.37. The molecule has 0 bridgehead atoms. The van der Waals surface area contributed by atoms with Gasteiger partial charge < -0.3 is 35.4 Å². The van der Waals surface area contributed by atoms with E-state index in [0.29, 0.717) is 0 Å². The van der Waals surface area contributed by atoms with Crippen molar-refractivity contribution in [1.82, 2.24) is 19.1 Å². The molecule has 0 amide bonds. The number of aliphatic hydroxyl groups excluding tert-OH is 2. The van der Waals surface area contributed by atoms with Gasteiger partial charge in [0.05, 0.1) is 19.3 Å². The van der Waals surface area contributed by atoms with E-state index in [0.717, 1.165) is 9.13 Å². The molecule has 4 rings (SSSR count). The van der Waals surface area contributed by atoms with Gasteiger partial charge in [-0.1, -0.05) is 0 Å². The molecule has 0 spiro atoms. The molecule has 2 saturated heterocycles. The van der Waals surface area contributed by atoms with Crippen LogP contribution < -0.4 is 51.8 Å². The summed E-state index contributed by atoms with van der Waals surface area (Å²) in [5, 5.41) is 31.4. The Morgan fingerprint density at radius 2 is 1.84 bits per heavy atom. The Hall–Kier alpha value is -1.69. The van der Waals surface area contributed by atoms with Gasteiger partial charge in [0.25, 0.3) is 0 Å². The van der Waals surface area contributed by atoms with Crippen LogP contribution in [0, 0.1) is 6.92 Å². The Labute approximate surface area is 231 Å². The second-order valence-electron chi connectivity index (χ2n) is 8.35. The predicted octanol–water partition coefficient (Wildman–Crippen LogP) is -5.10. The topological polar surface area (TPSA) is 234 Å². The number of ether oxygens (including phenoxy) is 2. The van der Waals surface area contributed by atoms with Gasteiger partial charge in [0.2, 0.25) is 0 Å². The number of aryl methyl sites for hydroxylation is 1. The molecule has 0 aliphatic carbocycles. The first-order valence-electron chi connectivity index (χ1n) is 10.8. The molecule has 2 fully saturated rings. The average Bonchev–Trinajstić information content (AvgIpc) is 3.37. The Kier molecular flexibility index (Phi) is 9.69. The molecule has 18 heteroatoms. The minimum absolute atomic E-state index is 0. The van der Waals surface area contributed by atoms with E-state index in [1.54, 1.807) is 0 Å². The van der Waals surface area contributed by atoms with Crippen molar-refractivity contribution in [1.29, 1.82) is 0 Å². The van der Waals surface area contributed by atoms with Crippen molar-refractivity contribution in [2.75, 3.05) is 18.9 Å². The second-order valence-corrected chi connectivity index (χ2v) is 9.76. The third kappa shape index (κ3) is 6.85. The molecule has 2 aliphatic rings. The number of nitrogens with two attached hydrogens (primary N) is 1. The zero-order valence-corrected chi connectivity index (χ0v) is 22.8. The standard InChI is InChI=1S/C19H26N5O11P.Na/c1-9-6-24(19(29)22-17(9)27)15-4-10(26)13(34-15)8-32-36(30,31)35-11-5-16(33-12(11)7-25)23-3-2-14(20)21-18(23)28;/h2-3,6,10-13,15-16,25-26H,4-5,7-8H2,1H3,(H,30,31)(H2,20,21,28)(H,22,27,29);/q;+1/p-1/t10-,11-,12+,13+,15+,16+;/m0./s1.